The molecule has 4 heteroatoms. The summed E-state index contributed by atoms with van der Waals surface area (Å²) in [7, 11) is 1.63. The minimum Gasteiger partial charge on any atom is -0.497 e. The number of benzene rings is 1. The van der Waals surface area contributed by atoms with Gasteiger partial charge in [-0.3, -0.25) is 0 Å². The van der Waals surface area contributed by atoms with Crippen LogP contribution < -0.4 is 14.8 Å². The number of hydrogen-bond donors (Lipinski definition) is 1. The molecule has 100 valence electrons. The molecule has 18 heavy (non-hydrogen) atoms. The van der Waals surface area contributed by atoms with Crippen molar-refractivity contribution in [3.8, 4) is 11.5 Å². The molecule has 0 unspecified atom stereocenters. The van der Waals surface area contributed by atoms with Crippen LogP contribution in [-0.4, -0.2) is 26.8 Å². The number of piperidine rings is 1. The molecule has 0 radical (unpaired) electrons. The van der Waals surface area contributed by atoms with Crippen LogP contribution in [0.1, 0.15) is 19.3 Å². The molecular weight excluding hydrogens is 250 g/mol. The summed E-state index contributed by atoms with van der Waals surface area (Å²) in [6.45, 7) is 3.00. The van der Waals surface area contributed by atoms with Gasteiger partial charge in [0.1, 0.15) is 11.5 Å². The van der Waals surface area contributed by atoms with Crippen molar-refractivity contribution in [1.82, 2.24) is 5.32 Å². The zero-order chi connectivity index (χ0) is 12.8. The van der Waals surface area contributed by atoms with Crippen LogP contribution in [0, 0.1) is 5.92 Å². The van der Waals surface area contributed by atoms with Crippen molar-refractivity contribution >= 4 is 11.6 Å². The SMILES string of the molecule is COc1ccc(OCCC2CCNCC2)c(Cl)c1. The number of ether oxygens (including phenoxy) is 2. The zero-order valence-corrected chi connectivity index (χ0v) is 11.5. The summed E-state index contributed by atoms with van der Waals surface area (Å²) in [6, 6.07) is 5.51. The van der Waals surface area contributed by atoms with Crippen LogP contribution in [0.5, 0.6) is 11.5 Å². The molecular formula is C14H20ClNO2. The number of halogens is 1. The monoisotopic (exact) mass is 269 g/mol. The second-order valence-electron chi connectivity index (χ2n) is 4.63. The van der Waals surface area contributed by atoms with Gasteiger partial charge in [-0.25, -0.2) is 0 Å². The third-order valence-corrected chi connectivity index (χ3v) is 3.68. The Hall–Kier alpha value is -0.930. The smallest absolute Gasteiger partial charge is 0.138 e. The van der Waals surface area contributed by atoms with Crippen molar-refractivity contribution in [3.63, 3.8) is 0 Å². The second-order valence-corrected chi connectivity index (χ2v) is 5.03. The molecule has 1 aromatic rings. The summed E-state index contributed by atoms with van der Waals surface area (Å²) in [5.41, 5.74) is 0. The van der Waals surface area contributed by atoms with E-state index in [1.54, 1.807) is 13.2 Å². The summed E-state index contributed by atoms with van der Waals surface area (Å²) in [6.07, 6.45) is 3.60. The van der Waals surface area contributed by atoms with Gasteiger partial charge in [-0.15, -0.1) is 0 Å². The molecule has 0 atom stereocenters. The Labute approximate surface area is 113 Å². The molecule has 0 aliphatic carbocycles. The average molecular weight is 270 g/mol. The van der Waals surface area contributed by atoms with Crippen LogP contribution in [0.25, 0.3) is 0 Å². The van der Waals surface area contributed by atoms with Crippen molar-refractivity contribution in [2.45, 2.75) is 19.3 Å². The Morgan fingerprint density at radius 2 is 2.11 bits per heavy atom. The topological polar surface area (TPSA) is 30.5 Å². The van der Waals surface area contributed by atoms with E-state index in [9.17, 15) is 0 Å². The summed E-state index contributed by atoms with van der Waals surface area (Å²) >= 11 is 6.11. The van der Waals surface area contributed by atoms with E-state index in [-0.39, 0.29) is 0 Å². The Kier molecular flexibility index (Phi) is 5.14. The fraction of sp³-hybridized carbons (Fsp3) is 0.571. The highest BCUT2D eigenvalue weighted by Crippen LogP contribution is 2.29. The van der Waals surface area contributed by atoms with Gasteiger partial charge in [0.25, 0.3) is 0 Å². The van der Waals surface area contributed by atoms with E-state index in [1.807, 2.05) is 12.1 Å². The number of rotatable bonds is 5. The van der Waals surface area contributed by atoms with Gasteiger partial charge in [-0.05, 0) is 50.4 Å². The van der Waals surface area contributed by atoms with Crippen molar-refractivity contribution in [2.24, 2.45) is 5.92 Å². The summed E-state index contributed by atoms with van der Waals surface area (Å²) in [5, 5.41) is 3.98. The van der Waals surface area contributed by atoms with Crippen LogP contribution in [0.3, 0.4) is 0 Å². The first-order valence-electron chi connectivity index (χ1n) is 6.46. The first kappa shape index (κ1) is 13.5. The van der Waals surface area contributed by atoms with Gasteiger partial charge in [0.15, 0.2) is 0 Å². The number of methoxy groups -OCH3 is 1. The lowest BCUT2D eigenvalue weighted by atomic mass is 9.95. The molecule has 0 bridgehead atoms. The highest BCUT2D eigenvalue weighted by molar-refractivity contribution is 6.32. The predicted molar refractivity (Wildman–Crippen MR) is 73.7 cm³/mol. The molecule has 0 spiro atoms. The van der Waals surface area contributed by atoms with Gasteiger partial charge < -0.3 is 14.8 Å². The Balaban J connectivity index is 1.79. The standard InChI is InChI=1S/C14H20ClNO2/c1-17-12-2-3-14(13(15)10-12)18-9-6-11-4-7-16-8-5-11/h2-3,10-11,16H,4-9H2,1H3. The molecule has 0 aromatic heterocycles. The van der Waals surface area contributed by atoms with E-state index in [1.165, 1.54) is 12.8 Å². The lowest BCUT2D eigenvalue weighted by Gasteiger charge is -2.22. The molecule has 3 nitrogen and oxygen atoms in total. The third kappa shape index (κ3) is 3.79. The highest BCUT2D eigenvalue weighted by Gasteiger charge is 2.13. The summed E-state index contributed by atoms with van der Waals surface area (Å²) in [5.74, 6) is 2.28. The van der Waals surface area contributed by atoms with Crippen molar-refractivity contribution in [1.29, 1.82) is 0 Å². The minimum absolute atomic E-state index is 0.611. The lowest BCUT2D eigenvalue weighted by Crippen LogP contribution is -2.28. The molecule has 2 rings (SSSR count). The first-order valence-corrected chi connectivity index (χ1v) is 6.84. The van der Waals surface area contributed by atoms with Gasteiger partial charge in [-0.2, -0.15) is 0 Å². The minimum atomic E-state index is 0.611. The molecule has 1 fully saturated rings. The van der Waals surface area contributed by atoms with Gasteiger partial charge in [0, 0.05) is 6.07 Å². The molecule has 1 aliphatic heterocycles. The van der Waals surface area contributed by atoms with E-state index in [4.69, 9.17) is 21.1 Å². The van der Waals surface area contributed by atoms with Crippen molar-refractivity contribution < 1.29 is 9.47 Å². The van der Waals surface area contributed by atoms with E-state index in [2.05, 4.69) is 5.32 Å². The van der Waals surface area contributed by atoms with Crippen LogP contribution in [0.2, 0.25) is 5.02 Å². The largest absolute Gasteiger partial charge is 0.497 e. The van der Waals surface area contributed by atoms with Crippen molar-refractivity contribution in [2.75, 3.05) is 26.8 Å². The van der Waals surface area contributed by atoms with Gasteiger partial charge >= 0.3 is 0 Å². The van der Waals surface area contributed by atoms with Gasteiger partial charge in [0.05, 0.1) is 18.7 Å². The fourth-order valence-corrected chi connectivity index (χ4v) is 2.46. The van der Waals surface area contributed by atoms with Crippen molar-refractivity contribution in [3.05, 3.63) is 23.2 Å². The molecule has 1 heterocycles. The Morgan fingerprint density at radius 1 is 1.33 bits per heavy atom. The van der Waals surface area contributed by atoms with E-state index in [0.29, 0.717) is 5.02 Å². The van der Waals surface area contributed by atoms with E-state index >= 15 is 0 Å². The maximum absolute atomic E-state index is 6.11. The quantitative estimate of drug-likeness (QED) is 0.891. The van der Waals surface area contributed by atoms with Gasteiger partial charge in [0.2, 0.25) is 0 Å². The maximum Gasteiger partial charge on any atom is 0.138 e. The van der Waals surface area contributed by atoms with Crippen LogP contribution >= 0.6 is 11.6 Å². The van der Waals surface area contributed by atoms with E-state index < -0.39 is 0 Å². The van der Waals surface area contributed by atoms with Gasteiger partial charge in [-0.1, -0.05) is 11.6 Å². The lowest BCUT2D eigenvalue weighted by molar-refractivity contribution is 0.251. The molecule has 1 aliphatic rings. The number of nitrogens with one attached hydrogen (secondary N) is 1. The summed E-state index contributed by atoms with van der Waals surface area (Å²) < 4.78 is 10.8. The normalized spacial score (nSPS) is 16.6. The van der Waals surface area contributed by atoms with Crippen LogP contribution in [-0.2, 0) is 0 Å². The zero-order valence-electron chi connectivity index (χ0n) is 10.7. The predicted octanol–water partition coefficient (Wildman–Crippen LogP) is 3.12. The van der Waals surface area contributed by atoms with E-state index in [0.717, 1.165) is 43.5 Å². The van der Waals surface area contributed by atoms with Crippen LogP contribution in [0.4, 0.5) is 0 Å². The van der Waals surface area contributed by atoms with Crippen LogP contribution in [0.15, 0.2) is 18.2 Å². The number of hydrogen-bond acceptors (Lipinski definition) is 3. The fourth-order valence-electron chi connectivity index (χ4n) is 2.23. The molecule has 0 saturated carbocycles. The first-order chi connectivity index (χ1) is 8.79. The Bertz CT molecular complexity index is 378. The second kappa shape index (κ2) is 6.86. The molecule has 1 N–H and O–H groups in total. The maximum atomic E-state index is 6.11. The molecule has 0 amide bonds. The molecule has 1 aromatic carbocycles. The third-order valence-electron chi connectivity index (χ3n) is 3.38. The summed E-state index contributed by atoms with van der Waals surface area (Å²) in [4.78, 5) is 0. The highest BCUT2D eigenvalue weighted by atomic mass is 35.5. The molecule has 1 saturated heterocycles. The average Bonchev–Trinajstić information content (AvgIpc) is 2.42. The Morgan fingerprint density at radius 3 is 2.78 bits per heavy atom.